The molecular weight excluding hydrogens is 271 g/mol. The number of ether oxygens (including phenoxy) is 2. The Balaban J connectivity index is 1.92. The van der Waals surface area contributed by atoms with Crippen molar-refractivity contribution in [3.05, 3.63) is 41.5 Å². The third-order valence-electron chi connectivity index (χ3n) is 3.16. The van der Waals surface area contributed by atoms with Crippen molar-refractivity contribution in [3.63, 3.8) is 0 Å². The molecule has 0 aliphatic carbocycles. The maximum Gasteiger partial charge on any atom is 0.491 e. The molecule has 0 saturated heterocycles. The number of nitriles is 1. The number of rotatable bonds is 3. The molecule has 2 heterocycles. The number of pyridine rings is 1. The second kappa shape index (κ2) is 5.44. The Hall–Kier alpha value is -2.56. The van der Waals surface area contributed by atoms with Crippen molar-refractivity contribution in [2.24, 2.45) is 0 Å². The van der Waals surface area contributed by atoms with E-state index in [4.69, 9.17) is 19.4 Å². The van der Waals surface area contributed by atoms with Crippen LogP contribution < -0.4 is 14.9 Å². The average Bonchev–Trinajstić information content (AvgIpc) is 2.88. The highest BCUT2D eigenvalue weighted by atomic mass is 16.5. The molecule has 1 aromatic carbocycles. The minimum atomic E-state index is -0.890. The van der Waals surface area contributed by atoms with E-state index in [2.05, 4.69) is 4.98 Å². The highest BCUT2D eigenvalue weighted by Crippen LogP contribution is 2.26. The number of methoxy groups -OCH3 is 1. The predicted octanol–water partition coefficient (Wildman–Crippen LogP) is 0.972. The van der Waals surface area contributed by atoms with Gasteiger partial charge in [0, 0.05) is 6.07 Å². The first-order valence-electron chi connectivity index (χ1n) is 6.26. The molecule has 3 rings (SSSR count). The van der Waals surface area contributed by atoms with Gasteiger partial charge in [0.15, 0.2) is 0 Å². The number of fused-ring (bicyclic) bond motifs is 1. The molecule has 7 heteroatoms. The molecule has 0 radical (unpaired) electrons. The molecule has 1 aliphatic heterocycles. The molecule has 0 unspecified atom stereocenters. The van der Waals surface area contributed by atoms with Crippen LogP contribution >= 0.6 is 0 Å². The fourth-order valence-corrected chi connectivity index (χ4v) is 2.08. The van der Waals surface area contributed by atoms with E-state index in [1.54, 1.807) is 30.3 Å². The summed E-state index contributed by atoms with van der Waals surface area (Å²) in [5.74, 6) is 1.06. The zero-order valence-electron chi connectivity index (χ0n) is 11.2. The number of nitrogens with zero attached hydrogens (tertiary/aromatic N) is 2. The van der Waals surface area contributed by atoms with Crippen molar-refractivity contribution in [3.8, 4) is 23.6 Å². The lowest BCUT2D eigenvalue weighted by Gasteiger charge is -2.09. The third kappa shape index (κ3) is 2.54. The van der Waals surface area contributed by atoms with Gasteiger partial charge in [-0.25, -0.2) is 0 Å². The van der Waals surface area contributed by atoms with Crippen LogP contribution in [0.5, 0.6) is 17.5 Å². The number of aromatic nitrogens is 1. The Bertz CT molecular complexity index is 729. The largest absolute Gasteiger partial charge is 0.491 e. The molecule has 21 heavy (non-hydrogen) atoms. The number of hydrogen-bond donors (Lipinski definition) is 1. The molecule has 104 valence electrons. The van der Waals surface area contributed by atoms with Gasteiger partial charge in [-0.1, -0.05) is 6.07 Å². The van der Waals surface area contributed by atoms with E-state index in [0.717, 1.165) is 11.0 Å². The van der Waals surface area contributed by atoms with Gasteiger partial charge >= 0.3 is 7.12 Å². The quantitative estimate of drug-likeness (QED) is 0.844. The zero-order valence-corrected chi connectivity index (χ0v) is 11.2. The molecule has 0 saturated carbocycles. The van der Waals surface area contributed by atoms with Crippen LogP contribution in [0.15, 0.2) is 30.3 Å². The molecule has 6 nitrogen and oxygen atoms in total. The molecular formula is C14H11BN2O4. The summed E-state index contributed by atoms with van der Waals surface area (Å²) in [6, 6.07) is 10.4. The summed E-state index contributed by atoms with van der Waals surface area (Å²) in [6.07, 6.45) is 0. The normalized spacial score (nSPS) is 12.7. The molecule has 0 amide bonds. The minimum absolute atomic E-state index is 0.177. The summed E-state index contributed by atoms with van der Waals surface area (Å²) >= 11 is 0. The molecule has 0 fully saturated rings. The van der Waals surface area contributed by atoms with Gasteiger partial charge in [-0.15, -0.1) is 0 Å². The summed E-state index contributed by atoms with van der Waals surface area (Å²) in [5.41, 5.74) is 1.88. The maximum atomic E-state index is 9.58. The van der Waals surface area contributed by atoms with Crippen LogP contribution in [-0.2, 0) is 11.3 Å². The summed E-state index contributed by atoms with van der Waals surface area (Å²) in [6.45, 7) is 0.324. The first kappa shape index (κ1) is 13.4. The fraction of sp³-hybridized carbons (Fsp3) is 0.143. The molecule has 1 aromatic heterocycles. The fourth-order valence-electron chi connectivity index (χ4n) is 2.08. The smallest absolute Gasteiger partial charge is 0.481 e. The van der Waals surface area contributed by atoms with Gasteiger partial charge in [-0.05, 0) is 29.2 Å². The lowest BCUT2D eigenvalue weighted by atomic mass is 9.80. The Morgan fingerprint density at radius 2 is 2.24 bits per heavy atom. The van der Waals surface area contributed by atoms with Crippen LogP contribution in [0.4, 0.5) is 0 Å². The summed E-state index contributed by atoms with van der Waals surface area (Å²) in [7, 11) is 0.602. The summed E-state index contributed by atoms with van der Waals surface area (Å²) in [5, 5.41) is 18.7. The van der Waals surface area contributed by atoms with Crippen LogP contribution in [-0.4, -0.2) is 24.2 Å². The molecule has 0 bridgehead atoms. The lowest BCUT2D eigenvalue weighted by Crippen LogP contribution is -2.27. The van der Waals surface area contributed by atoms with Gasteiger partial charge in [0.25, 0.3) is 0 Å². The van der Waals surface area contributed by atoms with E-state index in [1.165, 1.54) is 7.11 Å². The van der Waals surface area contributed by atoms with Crippen molar-refractivity contribution in [2.75, 3.05) is 7.11 Å². The predicted molar refractivity (Wildman–Crippen MR) is 74.4 cm³/mol. The highest BCUT2D eigenvalue weighted by Gasteiger charge is 2.27. The van der Waals surface area contributed by atoms with Crippen molar-refractivity contribution >= 4 is 12.6 Å². The SMILES string of the molecule is COc1ccc(C#N)c(Oc2ccc3c(c2)COB3O)n1. The number of benzene rings is 1. The average molecular weight is 282 g/mol. The highest BCUT2D eigenvalue weighted by molar-refractivity contribution is 6.61. The maximum absolute atomic E-state index is 9.58. The minimum Gasteiger partial charge on any atom is -0.481 e. The van der Waals surface area contributed by atoms with Crippen molar-refractivity contribution < 1.29 is 19.2 Å². The van der Waals surface area contributed by atoms with Gasteiger partial charge in [0.05, 0.1) is 13.7 Å². The second-order valence-electron chi connectivity index (χ2n) is 4.44. The summed E-state index contributed by atoms with van der Waals surface area (Å²) in [4.78, 5) is 4.12. The Morgan fingerprint density at radius 1 is 1.38 bits per heavy atom. The van der Waals surface area contributed by atoms with Crippen LogP contribution in [0.1, 0.15) is 11.1 Å². The van der Waals surface area contributed by atoms with E-state index in [9.17, 15) is 5.02 Å². The Labute approximate surface area is 121 Å². The van der Waals surface area contributed by atoms with Crippen LogP contribution in [0.2, 0.25) is 0 Å². The van der Waals surface area contributed by atoms with Gasteiger partial charge < -0.3 is 19.2 Å². The monoisotopic (exact) mass is 282 g/mol. The first-order valence-corrected chi connectivity index (χ1v) is 6.26. The van der Waals surface area contributed by atoms with Crippen molar-refractivity contribution in [1.82, 2.24) is 4.98 Å². The van der Waals surface area contributed by atoms with E-state index in [0.29, 0.717) is 23.8 Å². The van der Waals surface area contributed by atoms with Crippen LogP contribution in [0.3, 0.4) is 0 Å². The van der Waals surface area contributed by atoms with Crippen molar-refractivity contribution in [1.29, 1.82) is 5.26 Å². The molecule has 0 atom stereocenters. The zero-order chi connectivity index (χ0) is 14.8. The summed E-state index contributed by atoms with van der Waals surface area (Å²) < 4.78 is 15.8. The Morgan fingerprint density at radius 3 is 3.00 bits per heavy atom. The van der Waals surface area contributed by atoms with Gasteiger partial charge in [0.1, 0.15) is 17.4 Å². The van der Waals surface area contributed by atoms with E-state index in [-0.39, 0.29) is 5.88 Å². The first-order chi connectivity index (χ1) is 10.2. The molecule has 2 aromatic rings. The van der Waals surface area contributed by atoms with E-state index < -0.39 is 7.12 Å². The topological polar surface area (TPSA) is 84.6 Å². The third-order valence-corrected chi connectivity index (χ3v) is 3.16. The standard InChI is InChI=1S/C14H11BN2O4/c1-19-13-5-2-9(7-16)14(17-13)21-11-3-4-12-10(6-11)8-20-15(12)18/h2-6,18H,8H2,1H3. The molecule has 0 spiro atoms. The van der Waals surface area contributed by atoms with Crippen LogP contribution in [0.25, 0.3) is 0 Å². The second-order valence-corrected chi connectivity index (χ2v) is 4.44. The van der Waals surface area contributed by atoms with Gasteiger partial charge in [-0.3, -0.25) is 0 Å². The number of hydrogen-bond acceptors (Lipinski definition) is 6. The van der Waals surface area contributed by atoms with Crippen LogP contribution in [0, 0.1) is 11.3 Å². The van der Waals surface area contributed by atoms with Crippen molar-refractivity contribution in [2.45, 2.75) is 6.61 Å². The van der Waals surface area contributed by atoms with Gasteiger partial charge in [0.2, 0.25) is 11.8 Å². The molecule has 1 aliphatic rings. The van der Waals surface area contributed by atoms with Gasteiger partial charge in [-0.2, -0.15) is 10.2 Å². The Kier molecular flexibility index (Phi) is 3.48. The van der Waals surface area contributed by atoms with E-state index in [1.807, 2.05) is 6.07 Å². The molecule has 1 N–H and O–H groups in total. The van der Waals surface area contributed by atoms with E-state index >= 15 is 0 Å². The lowest BCUT2D eigenvalue weighted by molar-refractivity contribution is 0.275.